The second kappa shape index (κ2) is 3.36. The van der Waals surface area contributed by atoms with Crippen molar-refractivity contribution in [1.29, 1.82) is 0 Å². The molecule has 12 heavy (non-hydrogen) atoms. The van der Waals surface area contributed by atoms with E-state index in [1.165, 1.54) is 11.8 Å². The van der Waals surface area contributed by atoms with Crippen molar-refractivity contribution in [2.24, 2.45) is 0 Å². The second-order valence-electron chi connectivity index (χ2n) is 2.73. The molecule has 2 fully saturated rings. The van der Waals surface area contributed by atoms with E-state index in [9.17, 15) is 9.59 Å². The fraction of sp³-hybridized carbons (Fsp3) is 0.500. The first-order chi connectivity index (χ1) is 5.79. The molecule has 0 unspecified atom stereocenters. The quantitative estimate of drug-likeness (QED) is 0.473. The van der Waals surface area contributed by atoms with Crippen molar-refractivity contribution in [3.05, 3.63) is 11.1 Å². The number of hydrogen-bond acceptors (Lipinski definition) is 3. The molecule has 2 rings (SSSR count). The number of hydrogen-bond donors (Lipinski definition) is 0. The van der Waals surface area contributed by atoms with E-state index >= 15 is 0 Å². The Hall–Kier alpha value is -0.0505. The van der Waals surface area contributed by atoms with Crippen molar-refractivity contribution in [3.63, 3.8) is 0 Å². The Morgan fingerprint density at radius 1 is 1.17 bits per heavy atom. The first kappa shape index (κ1) is 8.54. The standard InChI is InChI=1S/C8H8O2SSe/c9-7-5(1-3-11-7)6-2-4-12-8(6)10/h1-4H2/b6-5+. The van der Waals surface area contributed by atoms with E-state index in [2.05, 4.69) is 0 Å². The van der Waals surface area contributed by atoms with Crippen molar-refractivity contribution in [1.82, 2.24) is 0 Å². The van der Waals surface area contributed by atoms with Crippen LogP contribution in [0.4, 0.5) is 0 Å². The van der Waals surface area contributed by atoms with Gasteiger partial charge in [0.1, 0.15) is 0 Å². The van der Waals surface area contributed by atoms with Crippen LogP contribution in [0.3, 0.4) is 0 Å². The summed E-state index contributed by atoms with van der Waals surface area (Å²) in [7, 11) is 0. The van der Waals surface area contributed by atoms with Crippen molar-refractivity contribution < 1.29 is 9.59 Å². The van der Waals surface area contributed by atoms with Crippen LogP contribution < -0.4 is 0 Å². The molecular weight excluding hydrogens is 239 g/mol. The molecule has 0 spiro atoms. The van der Waals surface area contributed by atoms with Gasteiger partial charge in [-0.3, -0.25) is 0 Å². The number of thioether (sulfide) groups is 1. The van der Waals surface area contributed by atoms with Crippen molar-refractivity contribution in [2.75, 3.05) is 5.75 Å². The van der Waals surface area contributed by atoms with Gasteiger partial charge in [0, 0.05) is 0 Å². The van der Waals surface area contributed by atoms with Gasteiger partial charge in [0.05, 0.1) is 0 Å². The Labute approximate surface area is 81.3 Å². The third kappa shape index (κ3) is 1.39. The van der Waals surface area contributed by atoms with Gasteiger partial charge in [0.2, 0.25) is 0 Å². The number of rotatable bonds is 0. The van der Waals surface area contributed by atoms with Crippen molar-refractivity contribution in [3.8, 4) is 0 Å². The third-order valence-electron chi connectivity index (χ3n) is 2.03. The van der Waals surface area contributed by atoms with E-state index in [-0.39, 0.29) is 24.8 Å². The van der Waals surface area contributed by atoms with Gasteiger partial charge in [-0.05, 0) is 0 Å². The van der Waals surface area contributed by atoms with Crippen LogP contribution in [-0.4, -0.2) is 30.5 Å². The first-order valence-electron chi connectivity index (χ1n) is 3.85. The Bertz CT molecular complexity index is 255. The summed E-state index contributed by atoms with van der Waals surface area (Å²) in [4.78, 5) is 22.6. The predicted octanol–water partition coefficient (Wildman–Crippen LogP) is 0.999. The zero-order valence-electron chi connectivity index (χ0n) is 6.46. The van der Waals surface area contributed by atoms with Crippen LogP contribution in [0.15, 0.2) is 11.1 Å². The minimum atomic E-state index is 0.135. The first-order valence-corrected chi connectivity index (χ1v) is 6.90. The van der Waals surface area contributed by atoms with Gasteiger partial charge in [0.15, 0.2) is 0 Å². The van der Waals surface area contributed by atoms with Gasteiger partial charge in [-0.2, -0.15) is 0 Å². The molecule has 2 saturated heterocycles. The maximum absolute atomic E-state index is 11.3. The zero-order chi connectivity index (χ0) is 8.55. The predicted molar refractivity (Wildman–Crippen MR) is 49.3 cm³/mol. The molecule has 2 heterocycles. The monoisotopic (exact) mass is 248 g/mol. The summed E-state index contributed by atoms with van der Waals surface area (Å²) in [5, 5.41) is 1.15. The molecule has 2 nitrogen and oxygen atoms in total. The van der Waals surface area contributed by atoms with Crippen molar-refractivity contribution in [2.45, 2.75) is 18.2 Å². The molecule has 0 aromatic carbocycles. The Balaban J connectivity index is 2.34. The minimum absolute atomic E-state index is 0.135. The van der Waals surface area contributed by atoms with E-state index in [0.29, 0.717) is 0 Å². The molecule has 4 heteroatoms. The average molecular weight is 247 g/mol. The molecule has 2 aliphatic rings. The van der Waals surface area contributed by atoms with Gasteiger partial charge >= 0.3 is 81.2 Å². The van der Waals surface area contributed by atoms with Crippen molar-refractivity contribution >= 4 is 36.5 Å². The molecule has 0 aliphatic carbocycles. The van der Waals surface area contributed by atoms with Gasteiger partial charge < -0.3 is 0 Å². The van der Waals surface area contributed by atoms with Gasteiger partial charge in [0.25, 0.3) is 0 Å². The molecule has 0 bridgehead atoms. The van der Waals surface area contributed by atoms with E-state index in [1.54, 1.807) is 0 Å². The fourth-order valence-electron chi connectivity index (χ4n) is 1.42. The maximum atomic E-state index is 11.3. The van der Waals surface area contributed by atoms with Crippen LogP contribution in [0.1, 0.15) is 12.8 Å². The Kier molecular flexibility index (Phi) is 2.40. The van der Waals surface area contributed by atoms with Crippen LogP contribution in [0.2, 0.25) is 5.32 Å². The van der Waals surface area contributed by atoms with E-state index in [1.807, 2.05) is 0 Å². The summed E-state index contributed by atoms with van der Waals surface area (Å²) in [6.07, 6.45) is 1.68. The SMILES string of the molecule is O=C1SCC/C1=C1/CC[Se]C1=O. The molecule has 0 aromatic heterocycles. The summed E-state index contributed by atoms with van der Waals surface area (Å²) >= 11 is 1.49. The molecule has 0 amide bonds. The van der Waals surface area contributed by atoms with Gasteiger partial charge in [-0.25, -0.2) is 0 Å². The van der Waals surface area contributed by atoms with Crippen LogP contribution in [0, 0.1) is 0 Å². The molecule has 0 aromatic rings. The average Bonchev–Trinajstić information content (AvgIpc) is 2.59. The number of carbonyl (C=O) groups excluding carboxylic acids is 2. The topological polar surface area (TPSA) is 34.1 Å². The second-order valence-corrected chi connectivity index (χ2v) is 6.04. The molecule has 2 aliphatic heterocycles. The van der Waals surface area contributed by atoms with Crippen LogP contribution in [0.25, 0.3) is 0 Å². The normalized spacial score (nSPS) is 30.3. The van der Waals surface area contributed by atoms with Crippen LogP contribution in [0.5, 0.6) is 0 Å². The van der Waals surface area contributed by atoms with Crippen LogP contribution >= 0.6 is 11.8 Å². The summed E-state index contributed by atoms with van der Waals surface area (Å²) in [6, 6.07) is 0. The Morgan fingerprint density at radius 3 is 2.50 bits per heavy atom. The van der Waals surface area contributed by atoms with Gasteiger partial charge in [-0.15, -0.1) is 0 Å². The van der Waals surface area contributed by atoms with E-state index in [4.69, 9.17) is 0 Å². The summed E-state index contributed by atoms with van der Waals surface area (Å²) in [5.41, 5.74) is 1.70. The molecular formula is C8H8O2SSe. The molecule has 0 atom stereocenters. The summed E-state index contributed by atoms with van der Waals surface area (Å²) < 4.78 is 0.272. The van der Waals surface area contributed by atoms with E-state index < -0.39 is 0 Å². The fourth-order valence-corrected chi connectivity index (χ4v) is 4.18. The number of allylic oxidation sites excluding steroid dienone is 1. The Morgan fingerprint density at radius 2 is 2.00 bits per heavy atom. The van der Waals surface area contributed by atoms with Gasteiger partial charge in [-0.1, -0.05) is 0 Å². The molecule has 0 radical (unpaired) electrons. The van der Waals surface area contributed by atoms with Crippen LogP contribution in [-0.2, 0) is 9.59 Å². The summed E-state index contributed by atoms with van der Waals surface area (Å²) in [6.45, 7) is 0. The third-order valence-corrected chi connectivity index (χ3v) is 4.87. The van der Waals surface area contributed by atoms with E-state index in [0.717, 1.165) is 35.1 Å². The summed E-state index contributed by atoms with van der Waals surface area (Å²) in [5.74, 6) is 0.873. The number of carbonyl (C=O) groups is 2. The zero-order valence-corrected chi connectivity index (χ0v) is 8.99. The molecule has 0 N–H and O–H groups in total. The molecule has 0 saturated carbocycles. The molecule has 64 valence electrons.